The summed E-state index contributed by atoms with van der Waals surface area (Å²) in [4.78, 5) is 17.2. The van der Waals surface area contributed by atoms with Gasteiger partial charge in [0.05, 0.1) is 10.4 Å². The van der Waals surface area contributed by atoms with Crippen molar-refractivity contribution in [2.24, 2.45) is 11.8 Å². The largest absolute Gasteiger partial charge is 0.397 e. The van der Waals surface area contributed by atoms with Gasteiger partial charge in [-0.15, -0.1) is 11.3 Å². The van der Waals surface area contributed by atoms with Gasteiger partial charge in [0.2, 0.25) is 0 Å². The number of nitrogens with one attached hydrogen (secondary N) is 1. The Hall–Kier alpha value is -1.62. The third-order valence-corrected chi connectivity index (χ3v) is 5.41. The molecular weight excluding hydrogens is 282 g/mol. The van der Waals surface area contributed by atoms with Crippen LogP contribution >= 0.6 is 11.3 Å². The molecular formula is C16H21N3OS. The summed E-state index contributed by atoms with van der Waals surface area (Å²) in [6.45, 7) is 4.52. The number of rotatable bonds is 2. The van der Waals surface area contributed by atoms with Crippen LogP contribution in [0.3, 0.4) is 0 Å². The predicted octanol–water partition coefficient (Wildman–Crippen LogP) is 3.43. The number of hydrogen-bond acceptors (Lipinski definition) is 4. The van der Waals surface area contributed by atoms with Crippen molar-refractivity contribution in [3.63, 3.8) is 0 Å². The van der Waals surface area contributed by atoms with Crippen LogP contribution in [0.25, 0.3) is 10.1 Å². The number of pyridine rings is 1. The first-order chi connectivity index (χ1) is 10.0. The highest BCUT2D eigenvalue weighted by molar-refractivity contribution is 7.21. The topological polar surface area (TPSA) is 68.0 Å². The van der Waals surface area contributed by atoms with E-state index in [2.05, 4.69) is 24.1 Å². The normalized spacial score (nSPS) is 25.9. The Kier molecular flexibility index (Phi) is 3.85. The zero-order valence-corrected chi connectivity index (χ0v) is 13.2. The second kappa shape index (κ2) is 5.64. The first kappa shape index (κ1) is 14.3. The van der Waals surface area contributed by atoms with Gasteiger partial charge in [-0.3, -0.25) is 9.78 Å². The molecule has 2 atom stereocenters. The minimum Gasteiger partial charge on any atom is -0.397 e. The van der Waals surface area contributed by atoms with Crippen molar-refractivity contribution >= 4 is 33.0 Å². The molecule has 4 nitrogen and oxygen atoms in total. The molecule has 2 aromatic rings. The van der Waals surface area contributed by atoms with Crippen LogP contribution in [0.15, 0.2) is 18.5 Å². The number of amides is 1. The third-order valence-electron chi connectivity index (χ3n) is 4.25. The molecule has 5 heteroatoms. The number of anilines is 1. The molecule has 1 fully saturated rings. The SMILES string of the molecule is CC1CC(C)CC(NC(=O)c2sc3cnccc3c2N)C1. The number of nitrogens with two attached hydrogens (primary N) is 1. The summed E-state index contributed by atoms with van der Waals surface area (Å²) in [7, 11) is 0. The molecule has 21 heavy (non-hydrogen) atoms. The van der Waals surface area contributed by atoms with E-state index in [1.165, 1.54) is 17.8 Å². The summed E-state index contributed by atoms with van der Waals surface area (Å²) in [6.07, 6.45) is 6.84. The minimum absolute atomic E-state index is 0.0417. The van der Waals surface area contributed by atoms with E-state index >= 15 is 0 Å². The quantitative estimate of drug-likeness (QED) is 0.893. The maximum Gasteiger partial charge on any atom is 0.263 e. The second-order valence-corrected chi connectivity index (χ2v) is 7.36. The van der Waals surface area contributed by atoms with Gasteiger partial charge in [-0.25, -0.2) is 0 Å². The molecule has 3 N–H and O–H groups in total. The summed E-state index contributed by atoms with van der Waals surface area (Å²) in [5.74, 6) is 1.30. The standard InChI is InChI=1S/C16H21N3OS/c1-9-5-10(2)7-11(6-9)19-16(20)15-14(17)12-3-4-18-8-13(12)21-15/h3-4,8-11H,5-7,17H2,1-2H3,(H,19,20). The summed E-state index contributed by atoms with van der Waals surface area (Å²) in [6, 6.07) is 2.13. The lowest BCUT2D eigenvalue weighted by atomic mass is 9.80. The van der Waals surface area contributed by atoms with Crippen molar-refractivity contribution < 1.29 is 4.79 Å². The summed E-state index contributed by atoms with van der Waals surface area (Å²) in [5.41, 5.74) is 6.70. The van der Waals surface area contributed by atoms with Crippen LogP contribution in [-0.4, -0.2) is 16.9 Å². The number of thiophene rings is 1. The van der Waals surface area contributed by atoms with E-state index in [1.807, 2.05) is 6.07 Å². The van der Waals surface area contributed by atoms with E-state index < -0.39 is 0 Å². The van der Waals surface area contributed by atoms with Gasteiger partial charge in [0.25, 0.3) is 5.91 Å². The Morgan fingerprint density at radius 3 is 2.71 bits per heavy atom. The summed E-state index contributed by atoms with van der Waals surface area (Å²) < 4.78 is 0.963. The van der Waals surface area contributed by atoms with Crippen molar-refractivity contribution in [1.82, 2.24) is 10.3 Å². The molecule has 2 aromatic heterocycles. The van der Waals surface area contributed by atoms with Crippen LogP contribution in [0, 0.1) is 11.8 Å². The van der Waals surface area contributed by atoms with Gasteiger partial charge in [0.1, 0.15) is 4.88 Å². The van der Waals surface area contributed by atoms with Crippen LogP contribution in [0.4, 0.5) is 5.69 Å². The number of hydrogen-bond donors (Lipinski definition) is 2. The van der Waals surface area contributed by atoms with Crippen LogP contribution in [0.1, 0.15) is 42.8 Å². The lowest BCUT2D eigenvalue weighted by Crippen LogP contribution is -2.39. The van der Waals surface area contributed by atoms with Crippen molar-refractivity contribution in [1.29, 1.82) is 0 Å². The van der Waals surface area contributed by atoms with Gasteiger partial charge in [-0.1, -0.05) is 13.8 Å². The van der Waals surface area contributed by atoms with E-state index in [1.54, 1.807) is 12.4 Å². The molecule has 0 aliphatic heterocycles. The third kappa shape index (κ3) is 2.88. The highest BCUT2D eigenvalue weighted by Crippen LogP contribution is 2.34. The maximum atomic E-state index is 12.5. The van der Waals surface area contributed by atoms with E-state index in [-0.39, 0.29) is 11.9 Å². The van der Waals surface area contributed by atoms with Gasteiger partial charge in [0, 0.05) is 23.8 Å². The van der Waals surface area contributed by atoms with Crippen LogP contribution in [-0.2, 0) is 0 Å². The summed E-state index contributed by atoms with van der Waals surface area (Å²) >= 11 is 1.42. The van der Waals surface area contributed by atoms with Crippen molar-refractivity contribution in [3.8, 4) is 0 Å². The molecule has 1 saturated carbocycles. The first-order valence-electron chi connectivity index (χ1n) is 7.47. The molecule has 2 heterocycles. The van der Waals surface area contributed by atoms with Crippen LogP contribution in [0.5, 0.6) is 0 Å². The van der Waals surface area contributed by atoms with Gasteiger partial charge >= 0.3 is 0 Å². The molecule has 0 saturated heterocycles. The van der Waals surface area contributed by atoms with Crippen LogP contribution in [0.2, 0.25) is 0 Å². The van der Waals surface area contributed by atoms with Crippen molar-refractivity contribution in [2.75, 3.05) is 5.73 Å². The highest BCUT2D eigenvalue weighted by atomic mass is 32.1. The lowest BCUT2D eigenvalue weighted by Gasteiger charge is -2.31. The van der Waals surface area contributed by atoms with Crippen molar-refractivity contribution in [2.45, 2.75) is 39.2 Å². The molecule has 1 aliphatic rings. The molecule has 0 bridgehead atoms. The van der Waals surface area contributed by atoms with E-state index in [0.29, 0.717) is 22.4 Å². The van der Waals surface area contributed by atoms with E-state index in [0.717, 1.165) is 22.9 Å². The number of carbonyl (C=O) groups is 1. The molecule has 112 valence electrons. The fourth-order valence-corrected chi connectivity index (χ4v) is 4.45. The Morgan fingerprint density at radius 2 is 2.05 bits per heavy atom. The average Bonchev–Trinajstić information content (AvgIpc) is 2.76. The molecule has 1 aliphatic carbocycles. The first-order valence-corrected chi connectivity index (χ1v) is 8.29. The van der Waals surface area contributed by atoms with Gasteiger partial charge in [0.15, 0.2) is 0 Å². The molecule has 3 rings (SSSR count). The van der Waals surface area contributed by atoms with Crippen molar-refractivity contribution in [3.05, 3.63) is 23.3 Å². The number of fused-ring (bicyclic) bond motifs is 1. The Bertz CT molecular complexity index is 657. The molecule has 0 spiro atoms. The van der Waals surface area contributed by atoms with Gasteiger partial charge in [-0.05, 0) is 37.2 Å². The number of aromatic nitrogens is 1. The maximum absolute atomic E-state index is 12.5. The van der Waals surface area contributed by atoms with Gasteiger partial charge in [-0.2, -0.15) is 0 Å². The monoisotopic (exact) mass is 303 g/mol. The number of nitrogen functional groups attached to an aromatic ring is 1. The average molecular weight is 303 g/mol. The highest BCUT2D eigenvalue weighted by Gasteiger charge is 2.26. The molecule has 1 amide bonds. The van der Waals surface area contributed by atoms with Gasteiger partial charge < -0.3 is 11.1 Å². The Balaban J connectivity index is 1.79. The number of carbonyl (C=O) groups excluding carboxylic acids is 1. The zero-order chi connectivity index (χ0) is 15.0. The van der Waals surface area contributed by atoms with E-state index in [4.69, 9.17) is 5.73 Å². The fraction of sp³-hybridized carbons (Fsp3) is 0.500. The molecule has 2 unspecified atom stereocenters. The number of nitrogens with zero attached hydrogens (tertiary/aromatic N) is 1. The Morgan fingerprint density at radius 1 is 1.33 bits per heavy atom. The zero-order valence-electron chi connectivity index (χ0n) is 12.4. The second-order valence-electron chi connectivity index (χ2n) is 6.30. The van der Waals surface area contributed by atoms with Crippen LogP contribution < -0.4 is 11.1 Å². The minimum atomic E-state index is -0.0417. The Labute approximate surface area is 128 Å². The van der Waals surface area contributed by atoms with E-state index in [9.17, 15) is 4.79 Å². The smallest absolute Gasteiger partial charge is 0.263 e. The summed E-state index contributed by atoms with van der Waals surface area (Å²) in [5, 5.41) is 4.09. The molecule has 0 radical (unpaired) electrons. The predicted molar refractivity (Wildman–Crippen MR) is 87.5 cm³/mol. The lowest BCUT2D eigenvalue weighted by molar-refractivity contribution is 0.0916. The fourth-order valence-electron chi connectivity index (χ4n) is 3.46. The molecule has 0 aromatic carbocycles.